The number of anilines is 1. The van der Waals surface area contributed by atoms with E-state index < -0.39 is 0 Å². The van der Waals surface area contributed by atoms with E-state index in [1.807, 2.05) is 66.7 Å². The molecule has 4 rings (SSSR count). The predicted octanol–water partition coefficient (Wildman–Crippen LogP) is 5.83. The van der Waals surface area contributed by atoms with Crippen molar-refractivity contribution in [3.63, 3.8) is 0 Å². The maximum absolute atomic E-state index is 12.3. The number of para-hydroxylation sites is 1. The molecule has 0 unspecified atom stereocenters. The summed E-state index contributed by atoms with van der Waals surface area (Å²) in [5, 5.41) is 0.621. The molecule has 0 N–H and O–H groups in total. The molecule has 5 heteroatoms. The van der Waals surface area contributed by atoms with E-state index in [-0.39, 0.29) is 18.7 Å². The van der Waals surface area contributed by atoms with Crippen LogP contribution in [0, 0.1) is 0 Å². The van der Waals surface area contributed by atoms with Gasteiger partial charge in [-0.1, -0.05) is 41.9 Å². The van der Waals surface area contributed by atoms with Gasteiger partial charge in [0, 0.05) is 10.7 Å². The number of benzene rings is 3. The molecule has 0 radical (unpaired) electrons. The first kappa shape index (κ1) is 16.5. The van der Waals surface area contributed by atoms with Gasteiger partial charge in [-0.2, -0.15) is 0 Å². The minimum absolute atomic E-state index is 0.219. The van der Waals surface area contributed by atoms with E-state index in [0.29, 0.717) is 10.8 Å². The van der Waals surface area contributed by atoms with Crippen LogP contribution in [-0.4, -0.2) is 12.7 Å². The lowest BCUT2D eigenvalue weighted by atomic mass is 10.1. The van der Waals surface area contributed by atoms with Crippen molar-refractivity contribution in [1.29, 1.82) is 0 Å². The largest absolute Gasteiger partial charge is 0.457 e. The number of ether oxygens (including phenoxy) is 2. The van der Waals surface area contributed by atoms with Crippen LogP contribution in [0.4, 0.5) is 10.5 Å². The monoisotopic (exact) mass is 365 g/mol. The van der Waals surface area contributed by atoms with Crippen molar-refractivity contribution in [3.8, 4) is 11.5 Å². The number of halogens is 1. The number of amides is 1. The summed E-state index contributed by atoms with van der Waals surface area (Å²) in [7, 11) is 0. The highest BCUT2D eigenvalue weighted by molar-refractivity contribution is 6.30. The fraction of sp³-hybridized carbons (Fsp3) is 0.0952. The van der Waals surface area contributed by atoms with E-state index in [1.165, 1.54) is 0 Å². The van der Waals surface area contributed by atoms with Crippen molar-refractivity contribution in [2.24, 2.45) is 0 Å². The summed E-state index contributed by atoms with van der Waals surface area (Å²) in [6.07, 6.45) is -0.369. The zero-order valence-corrected chi connectivity index (χ0v) is 14.6. The van der Waals surface area contributed by atoms with Crippen molar-refractivity contribution < 1.29 is 14.3 Å². The van der Waals surface area contributed by atoms with Gasteiger partial charge >= 0.3 is 6.09 Å². The van der Waals surface area contributed by atoms with Gasteiger partial charge in [-0.15, -0.1) is 0 Å². The smallest absolute Gasteiger partial charge is 0.415 e. The van der Waals surface area contributed by atoms with Gasteiger partial charge in [0.1, 0.15) is 18.1 Å². The number of nitrogens with zero attached hydrogens (tertiary/aromatic N) is 1. The summed E-state index contributed by atoms with van der Waals surface area (Å²) < 4.78 is 11.2. The van der Waals surface area contributed by atoms with Gasteiger partial charge in [-0.25, -0.2) is 4.79 Å². The molecule has 0 bridgehead atoms. The first-order chi connectivity index (χ1) is 12.7. The summed E-state index contributed by atoms with van der Waals surface area (Å²) in [4.78, 5) is 13.9. The van der Waals surface area contributed by atoms with Crippen molar-refractivity contribution in [3.05, 3.63) is 89.4 Å². The highest BCUT2D eigenvalue weighted by atomic mass is 35.5. The molecule has 1 amide bonds. The third-order valence-corrected chi connectivity index (χ3v) is 4.45. The molecule has 1 aliphatic rings. The lowest BCUT2D eigenvalue weighted by molar-refractivity contribution is 0.179. The average molecular weight is 366 g/mol. The second-order valence-electron chi connectivity index (χ2n) is 5.93. The molecule has 1 heterocycles. The third-order valence-electron chi connectivity index (χ3n) is 4.20. The highest BCUT2D eigenvalue weighted by Crippen LogP contribution is 2.35. The summed E-state index contributed by atoms with van der Waals surface area (Å²) in [6, 6.07) is 24.2. The Bertz CT molecular complexity index is 912. The molecule has 0 saturated carbocycles. The average Bonchev–Trinajstić information content (AvgIpc) is 3.05. The number of carbonyl (C=O) groups excluding carboxylic acids is 1. The van der Waals surface area contributed by atoms with Crippen LogP contribution in [0.2, 0.25) is 5.02 Å². The summed E-state index contributed by atoms with van der Waals surface area (Å²) in [5.74, 6) is 1.47. The van der Waals surface area contributed by atoms with E-state index in [9.17, 15) is 4.79 Å². The Morgan fingerprint density at radius 1 is 0.923 bits per heavy atom. The van der Waals surface area contributed by atoms with Crippen LogP contribution in [0.1, 0.15) is 11.6 Å². The molecule has 3 aromatic rings. The number of hydrogen-bond donors (Lipinski definition) is 0. The SMILES string of the molecule is O=C1OC[C@H](c2cccc(Oc3ccccc3)c2)N1c1ccc(Cl)cc1. The second kappa shape index (κ2) is 7.10. The van der Waals surface area contributed by atoms with Crippen LogP contribution < -0.4 is 9.64 Å². The van der Waals surface area contributed by atoms with Crippen molar-refractivity contribution >= 4 is 23.4 Å². The zero-order chi connectivity index (χ0) is 17.9. The van der Waals surface area contributed by atoms with Gasteiger partial charge in [0.15, 0.2) is 0 Å². The van der Waals surface area contributed by atoms with Gasteiger partial charge < -0.3 is 9.47 Å². The van der Waals surface area contributed by atoms with Crippen LogP contribution in [0.3, 0.4) is 0 Å². The molecule has 1 saturated heterocycles. The Morgan fingerprint density at radius 2 is 1.65 bits per heavy atom. The van der Waals surface area contributed by atoms with E-state index in [0.717, 1.165) is 17.0 Å². The van der Waals surface area contributed by atoms with Gasteiger partial charge in [-0.05, 0) is 54.1 Å². The van der Waals surface area contributed by atoms with E-state index in [2.05, 4.69) is 0 Å². The summed E-state index contributed by atoms with van der Waals surface area (Å²) in [6.45, 7) is 0.288. The molecular weight excluding hydrogens is 350 g/mol. The third kappa shape index (κ3) is 3.37. The van der Waals surface area contributed by atoms with Crippen LogP contribution >= 0.6 is 11.6 Å². The molecule has 0 spiro atoms. The second-order valence-corrected chi connectivity index (χ2v) is 6.36. The van der Waals surface area contributed by atoms with Gasteiger partial charge in [-0.3, -0.25) is 4.90 Å². The standard InChI is InChI=1S/C21H16ClNO3/c22-16-9-11-17(12-10-16)23-20(14-25-21(23)24)15-5-4-8-19(13-15)26-18-6-2-1-3-7-18/h1-13,20H,14H2/t20-/m1/s1. The quantitative estimate of drug-likeness (QED) is 0.583. The van der Waals surface area contributed by atoms with Gasteiger partial charge in [0.05, 0.1) is 6.04 Å². The lowest BCUT2D eigenvalue weighted by Crippen LogP contribution is -2.27. The Balaban J connectivity index is 1.62. The minimum Gasteiger partial charge on any atom is -0.457 e. The van der Waals surface area contributed by atoms with E-state index in [1.54, 1.807) is 17.0 Å². The van der Waals surface area contributed by atoms with Gasteiger partial charge in [0.25, 0.3) is 0 Å². The van der Waals surface area contributed by atoms with Crippen molar-refractivity contribution in [2.75, 3.05) is 11.5 Å². The fourth-order valence-electron chi connectivity index (χ4n) is 2.96. The molecule has 0 aliphatic carbocycles. The summed E-state index contributed by atoms with van der Waals surface area (Å²) in [5.41, 5.74) is 1.69. The number of carbonyl (C=O) groups is 1. The predicted molar refractivity (Wildman–Crippen MR) is 101 cm³/mol. The van der Waals surface area contributed by atoms with Crippen molar-refractivity contribution in [1.82, 2.24) is 0 Å². The first-order valence-corrected chi connectivity index (χ1v) is 8.63. The van der Waals surface area contributed by atoms with E-state index >= 15 is 0 Å². The number of hydrogen-bond acceptors (Lipinski definition) is 3. The fourth-order valence-corrected chi connectivity index (χ4v) is 3.09. The molecule has 26 heavy (non-hydrogen) atoms. The first-order valence-electron chi connectivity index (χ1n) is 8.25. The number of rotatable bonds is 4. The zero-order valence-electron chi connectivity index (χ0n) is 13.8. The molecular formula is C21H16ClNO3. The normalized spacial score (nSPS) is 16.4. The molecule has 1 fully saturated rings. The number of cyclic esters (lactones) is 1. The molecule has 1 atom stereocenters. The Hall–Kier alpha value is -2.98. The van der Waals surface area contributed by atoms with Crippen LogP contribution in [0.5, 0.6) is 11.5 Å². The van der Waals surface area contributed by atoms with Gasteiger partial charge in [0.2, 0.25) is 0 Å². The van der Waals surface area contributed by atoms with Crippen molar-refractivity contribution in [2.45, 2.75) is 6.04 Å². The molecule has 1 aliphatic heterocycles. The Morgan fingerprint density at radius 3 is 2.42 bits per heavy atom. The van der Waals surface area contributed by atoms with Crippen LogP contribution in [-0.2, 0) is 4.74 Å². The highest BCUT2D eigenvalue weighted by Gasteiger charge is 2.35. The van der Waals surface area contributed by atoms with E-state index in [4.69, 9.17) is 21.1 Å². The molecule has 3 aromatic carbocycles. The minimum atomic E-state index is -0.369. The Labute approximate surface area is 156 Å². The molecule has 130 valence electrons. The topological polar surface area (TPSA) is 38.8 Å². The maximum atomic E-state index is 12.3. The van der Waals surface area contributed by atoms with Crippen LogP contribution in [0.25, 0.3) is 0 Å². The molecule has 4 nitrogen and oxygen atoms in total. The summed E-state index contributed by atoms with van der Waals surface area (Å²) >= 11 is 5.95. The Kier molecular flexibility index (Phi) is 4.50. The lowest BCUT2D eigenvalue weighted by Gasteiger charge is -2.22. The van der Waals surface area contributed by atoms with Crippen LogP contribution in [0.15, 0.2) is 78.9 Å². The maximum Gasteiger partial charge on any atom is 0.415 e. The molecule has 0 aromatic heterocycles.